The van der Waals surface area contributed by atoms with E-state index < -0.39 is 11.9 Å². The number of hydrogen-bond acceptors (Lipinski definition) is 7. The van der Waals surface area contributed by atoms with Gasteiger partial charge in [-0.2, -0.15) is 5.10 Å². The summed E-state index contributed by atoms with van der Waals surface area (Å²) in [6.07, 6.45) is 7.09. The molecule has 2 heterocycles. The van der Waals surface area contributed by atoms with Crippen LogP contribution in [0.4, 0.5) is 0 Å². The first-order chi connectivity index (χ1) is 15.5. The molecule has 2 aromatic heterocycles. The highest BCUT2D eigenvalue weighted by atomic mass is 32.1. The molecule has 0 fully saturated rings. The number of thiophene rings is 1. The molecular formula is C23H26N4O4S. The molecule has 1 atom stereocenters. The van der Waals surface area contributed by atoms with Gasteiger partial charge in [0, 0.05) is 4.88 Å². The smallest absolute Gasteiger partial charge is 0.263 e. The maximum Gasteiger partial charge on any atom is 0.263 e. The lowest BCUT2D eigenvalue weighted by Gasteiger charge is -2.14. The summed E-state index contributed by atoms with van der Waals surface area (Å²) in [5, 5.41) is 4.70. The maximum absolute atomic E-state index is 13.1. The number of nitrogens with one attached hydrogen (secondary N) is 1. The fraction of sp³-hybridized carbons (Fsp3) is 0.391. The van der Waals surface area contributed by atoms with Crippen LogP contribution < -0.4 is 20.5 Å². The Morgan fingerprint density at radius 3 is 2.94 bits per heavy atom. The molecule has 3 aromatic rings. The van der Waals surface area contributed by atoms with Crippen molar-refractivity contribution in [2.45, 2.75) is 45.6 Å². The molecule has 1 amide bonds. The standard InChI is InChI=1S/C23H26N4O4S/c1-4-31-17-10-9-15(11-18(17)30-3)12-25-26-21(28)14(2)27-13-24-22-20(23(27)29)16-7-5-6-8-19(16)32-22/h9-14H,4-8H2,1-3H3,(H,26,28). The van der Waals surface area contributed by atoms with Crippen molar-refractivity contribution in [3.05, 3.63) is 50.9 Å². The SMILES string of the molecule is CCOc1ccc(C=NNC(=O)C(C)n2cnc3sc4c(c3c2=O)CCCC4)cc1OC. The van der Waals surface area contributed by atoms with E-state index in [1.165, 1.54) is 22.0 Å². The predicted molar refractivity (Wildman–Crippen MR) is 125 cm³/mol. The number of ether oxygens (including phenoxy) is 2. The van der Waals surface area contributed by atoms with Gasteiger partial charge < -0.3 is 9.47 Å². The van der Waals surface area contributed by atoms with Crippen molar-refractivity contribution in [3.8, 4) is 11.5 Å². The normalized spacial score (nSPS) is 14.3. The Kier molecular flexibility index (Phi) is 6.55. The summed E-state index contributed by atoms with van der Waals surface area (Å²) >= 11 is 1.59. The van der Waals surface area contributed by atoms with Crippen LogP contribution in [0, 0.1) is 0 Å². The van der Waals surface area contributed by atoms with E-state index in [9.17, 15) is 9.59 Å². The van der Waals surface area contributed by atoms with Gasteiger partial charge >= 0.3 is 0 Å². The summed E-state index contributed by atoms with van der Waals surface area (Å²) in [6, 6.07) is 4.63. The maximum atomic E-state index is 13.1. The highest BCUT2D eigenvalue weighted by molar-refractivity contribution is 7.18. The van der Waals surface area contributed by atoms with Gasteiger partial charge in [0.1, 0.15) is 10.9 Å². The molecule has 0 saturated heterocycles. The number of carbonyl (C=O) groups excluding carboxylic acids is 1. The average Bonchev–Trinajstić information content (AvgIpc) is 3.19. The fourth-order valence-corrected chi connectivity index (χ4v) is 5.08. The second-order valence-corrected chi connectivity index (χ2v) is 8.69. The van der Waals surface area contributed by atoms with E-state index in [2.05, 4.69) is 15.5 Å². The molecule has 168 valence electrons. The van der Waals surface area contributed by atoms with Gasteiger partial charge in [-0.15, -0.1) is 11.3 Å². The van der Waals surface area contributed by atoms with Crippen molar-refractivity contribution in [1.29, 1.82) is 0 Å². The van der Waals surface area contributed by atoms with Gasteiger partial charge in [-0.3, -0.25) is 14.2 Å². The van der Waals surface area contributed by atoms with E-state index in [0.717, 1.165) is 41.6 Å². The van der Waals surface area contributed by atoms with Crippen LogP contribution in [0.5, 0.6) is 11.5 Å². The number of carbonyl (C=O) groups is 1. The van der Waals surface area contributed by atoms with Gasteiger partial charge in [-0.05, 0) is 68.9 Å². The van der Waals surface area contributed by atoms with E-state index in [1.54, 1.807) is 37.5 Å². The van der Waals surface area contributed by atoms with Crippen molar-refractivity contribution in [2.75, 3.05) is 13.7 Å². The number of methoxy groups -OCH3 is 1. The number of hydrazone groups is 1. The lowest BCUT2D eigenvalue weighted by Crippen LogP contribution is -2.34. The van der Waals surface area contributed by atoms with E-state index in [1.807, 2.05) is 13.0 Å². The van der Waals surface area contributed by atoms with Crippen LogP contribution in [-0.4, -0.2) is 35.4 Å². The first kappa shape index (κ1) is 22.0. The number of benzene rings is 1. The zero-order valence-corrected chi connectivity index (χ0v) is 19.2. The minimum Gasteiger partial charge on any atom is -0.493 e. The van der Waals surface area contributed by atoms with Gasteiger partial charge in [0.05, 0.1) is 31.6 Å². The lowest BCUT2D eigenvalue weighted by molar-refractivity contribution is -0.123. The summed E-state index contributed by atoms with van der Waals surface area (Å²) in [4.78, 5) is 32.3. The molecule has 0 bridgehead atoms. The van der Waals surface area contributed by atoms with Crippen LogP contribution in [0.15, 0.2) is 34.4 Å². The molecule has 1 N–H and O–H groups in total. The Labute approximate surface area is 189 Å². The molecule has 4 rings (SSSR count). The summed E-state index contributed by atoms with van der Waals surface area (Å²) in [7, 11) is 1.56. The fourth-order valence-electron chi connectivity index (χ4n) is 3.86. The zero-order chi connectivity index (χ0) is 22.7. The Morgan fingerprint density at radius 1 is 1.34 bits per heavy atom. The van der Waals surface area contributed by atoms with E-state index in [4.69, 9.17) is 9.47 Å². The van der Waals surface area contributed by atoms with Crippen LogP contribution in [0.1, 0.15) is 48.7 Å². The first-order valence-corrected chi connectivity index (χ1v) is 11.5. The highest BCUT2D eigenvalue weighted by Crippen LogP contribution is 2.33. The lowest BCUT2D eigenvalue weighted by atomic mass is 9.97. The van der Waals surface area contributed by atoms with Gasteiger partial charge in [0.25, 0.3) is 11.5 Å². The van der Waals surface area contributed by atoms with Crippen molar-refractivity contribution in [2.24, 2.45) is 5.10 Å². The number of aryl methyl sites for hydroxylation is 2. The van der Waals surface area contributed by atoms with Gasteiger partial charge in [-0.1, -0.05) is 0 Å². The topological polar surface area (TPSA) is 94.8 Å². The molecule has 8 nitrogen and oxygen atoms in total. The van der Waals surface area contributed by atoms with Crippen LogP contribution in [0.3, 0.4) is 0 Å². The third kappa shape index (κ3) is 4.25. The van der Waals surface area contributed by atoms with E-state index in [0.29, 0.717) is 23.5 Å². The zero-order valence-electron chi connectivity index (χ0n) is 18.4. The van der Waals surface area contributed by atoms with Crippen molar-refractivity contribution < 1.29 is 14.3 Å². The first-order valence-electron chi connectivity index (χ1n) is 10.7. The number of fused-ring (bicyclic) bond motifs is 3. The predicted octanol–water partition coefficient (Wildman–Crippen LogP) is 3.46. The molecule has 1 aliphatic carbocycles. The van der Waals surface area contributed by atoms with Crippen molar-refractivity contribution >= 4 is 33.7 Å². The monoisotopic (exact) mass is 454 g/mol. The number of rotatable bonds is 7. The molecule has 32 heavy (non-hydrogen) atoms. The van der Waals surface area contributed by atoms with Crippen molar-refractivity contribution in [3.63, 3.8) is 0 Å². The van der Waals surface area contributed by atoms with Crippen molar-refractivity contribution in [1.82, 2.24) is 15.0 Å². The summed E-state index contributed by atoms with van der Waals surface area (Å²) in [6.45, 7) is 4.10. The average molecular weight is 455 g/mol. The number of amides is 1. The molecule has 0 radical (unpaired) electrons. The van der Waals surface area contributed by atoms with Crippen LogP contribution in [0.2, 0.25) is 0 Å². The largest absolute Gasteiger partial charge is 0.493 e. The summed E-state index contributed by atoms with van der Waals surface area (Å²) in [5.41, 5.74) is 4.19. The summed E-state index contributed by atoms with van der Waals surface area (Å²) < 4.78 is 12.2. The van der Waals surface area contributed by atoms with E-state index >= 15 is 0 Å². The molecular weight excluding hydrogens is 428 g/mol. The van der Waals surface area contributed by atoms with E-state index in [-0.39, 0.29) is 5.56 Å². The Hall–Kier alpha value is -3.20. The van der Waals surface area contributed by atoms with Crippen LogP contribution >= 0.6 is 11.3 Å². The quantitative estimate of drug-likeness (QED) is 0.436. The van der Waals surface area contributed by atoms with Crippen LogP contribution in [-0.2, 0) is 17.6 Å². The molecule has 1 aliphatic rings. The molecule has 1 aromatic carbocycles. The Balaban J connectivity index is 1.50. The molecule has 0 saturated carbocycles. The van der Waals surface area contributed by atoms with Gasteiger partial charge in [0.2, 0.25) is 0 Å². The molecule has 9 heteroatoms. The van der Waals surface area contributed by atoms with Gasteiger partial charge in [-0.25, -0.2) is 10.4 Å². The highest BCUT2D eigenvalue weighted by Gasteiger charge is 2.23. The van der Waals surface area contributed by atoms with Crippen LogP contribution in [0.25, 0.3) is 10.2 Å². The van der Waals surface area contributed by atoms with Gasteiger partial charge in [0.15, 0.2) is 11.5 Å². The second kappa shape index (κ2) is 9.52. The number of hydrogen-bond donors (Lipinski definition) is 1. The second-order valence-electron chi connectivity index (χ2n) is 7.60. The number of aromatic nitrogens is 2. The third-order valence-corrected chi connectivity index (χ3v) is 6.77. The molecule has 0 spiro atoms. The minimum absolute atomic E-state index is 0.169. The summed E-state index contributed by atoms with van der Waals surface area (Å²) in [5.74, 6) is 0.828. The minimum atomic E-state index is -0.745. The Morgan fingerprint density at radius 2 is 2.16 bits per heavy atom. The molecule has 1 unspecified atom stereocenters. The number of nitrogens with zero attached hydrogens (tertiary/aromatic N) is 3. The third-order valence-electron chi connectivity index (χ3n) is 5.57. The Bertz CT molecular complexity index is 1230. The molecule has 0 aliphatic heterocycles.